The molecule has 1 aromatic heterocycles. The minimum absolute atomic E-state index is 0.0929. The van der Waals surface area contributed by atoms with Crippen molar-refractivity contribution in [1.29, 1.82) is 0 Å². The number of anilines is 3. The molecule has 4 bridgehead atoms. The zero-order valence-corrected chi connectivity index (χ0v) is 18.2. The predicted octanol–water partition coefficient (Wildman–Crippen LogP) is 4.65. The molecule has 4 aliphatic carbocycles. The van der Waals surface area contributed by atoms with Crippen LogP contribution in [-0.4, -0.2) is 23.8 Å². The first kappa shape index (κ1) is 20.0. The predicted molar refractivity (Wildman–Crippen MR) is 121 cm³/mol. The summed E-state index contributed by atoms with van der Waals surface area (Å²) in [6.45, 7) is 2.02. The van der Waals surface area contributed by atoms with Gasteiger partial charge in [-0.25, -0.2) is 4.98 Å². The molecule has 1 aromatic carbocycles. The van der Waals surface area contributed by atoms with E-state index in [0.29, 0.717) is 34.8 Å². The van der Waals surface area contributed by atoms with Crippen LogP contribution in [0.4, 0.5) is 17.2 Å². The number of rotatable bonds is 5. The average molecular weight is 419 g/mol. The van der Waals surface area contributed by atoms with Crippen molar-refractivity contribution in [3.8, 4) is 0 Å². The van der Waals surface area contributed by atoms with Gasteiger partial charge in [-0.05, 0) is 80.9 Å². The smallest absolute Gasteiger partial charge is 0.252 e. The number of para-hydroxylation sites is 1. The van der Waals surface area contributed by atoms with Crippen LogP contribution in [0.5, 0.6) is 0 Å². The third-order valence-corrected chi connectivity index (χ3v) is 7.54. The summed E-state index contributed by atoms with van der Waals surface area (Å²) in [6.07, 6.45) is 8.40. The number of benzene rings is 1. The highest BCUT2D eigenvalue weighted by Gasteiger charge is 2.54. The van der Waals surface area contributed by atoms with Gasteiger partial charge in [0.05, 0.1) is 16.7 Å². The Morgan fingerprint density at radius 3 is 2.26 bits per heavy atom. The largest absolute Gasteiger partial charge is 0.355 e. The fourth-order valence-electron chi connectivity index (χ4n) is 6.41. The van der Waals surface area contributed by atoms with Crippen molar-refractivity contribution in [2.75, 3.05) is 17.7 Å². The Morgan fingerprint density at radius 2 is 1.65 bits per heavy atom. The molecular formula is C25H30N4O2. The number of aromatic nitrogens is 1. The number of hydrogen-bond donors (Lipinski definition) is 3. The van der Waals surface area contributed by atoms with Gasteiger partial charge in [-0.2, -0.15) is 0 Å². The van der Waals surface area contributed by atoms with Gasteiger partial charge < -0.3 is 16.0 Å². The first-order valence-corrected chi connectivity index (χ1v) is 11.3. The maximum absolute atomic E-state index is 13.6. The Balaban J connectivity index is 1.45. The van der Waals surface area contributed by atoms with E-state index < -0.39 is 0 Å². The summed E-state index contributed by atoms with van der Waals surface area (Å²) in [5, 5.41) is 9.17. The number of pyridine rings is 1. The zero-order chi connectivity index (χ0) is 21.6. The summed E-state index contributed by atoms with van der Waals surface area (Å²) in [6, 6.07) is 9.68. The molecule has 1 heterocycles. The van der Waals surface area contributed by atoms with Gasteiger partial charge in [0, 0.05) is 18.9 Å². The molecule has 162 valence electrons. The van der Waals surface area contributed by atoms with Crippen LogP contribution in [0.15, 0.2) is 36.5 Å². The number of carbonyl (C=O) groups is 2. The van der Waals surface area contributed by atoms with E-state index in [-0.39, 0.29) is 17.2 Å². The van der Waals surface area contributed by atoms with Crippen LogP contribution in [0, 0.1) is 30.1 Å². The average Bonchev–Trinajstić information content (AvgIpc) is 2.75. The lowest BCUT2D eigenvalue weighted by Gasteiger charge is -2.55. The summed E-state index contributed by atoms with van der Waals surface area (Å²) >= 11 is 0. The van der Waals surface area contributed by atoms with E-state index in [2.05, 4.69) is 20.9 Å². The van der Waals surface area contributed by atoms with Crippen LogP contribution < -0.4 is 16.0 Å². The third-order valence-electron chi connectivity index (χ3n) is 7.54. The van der Waals surface area contributed by atoms with Gasteiger partial charge in [0.2, 0.25) is 5.91 Å². The Kier molecular flexibility index (Phi) is 4.95. The fourth-order valence-corrected chi connectivity index (χ4v) is 6.41. The first-order chi connectivity index (χ1) is 15.0. The molecular weight excluding hydrogens is 388 g/mol. The second-order valence-corrected chi connectivity index (χ2v) is 9.79. The number of aryl methyl sites for hydroxylation is 1. The Labute approximate surface area is 183 Å². The fraction of sp³-hybridized carbons (Fsp3) is 0.480. The van der Waals surface area contributed by atoms with Crippen molar-refractivity contribution in [2.45, 2.75) is 45.4 Å². The highest BCUT2D eigenvalue weighted by atomic mass is 16.2. The van der Waals surface area contributed by atoms with Crippen LogP contribution in [0.3, 0.4) is 0 Å². The quantitative estimate of drug-likeness (QED) is 0.660. The summed E-state index contributed by atoms with van der Waals surface area (Å²) in [4.78, 5) is 30.3. The monoisotopic (exact) mass is 418 g/mol. The van der Waals surface area contributed by atoms with E-state index in [0.717, 1.165) is 30.5 Å². The molecule has 2 aromatic rings. The van der Waals surface area contributed by atoms with E-state index in [9.17, 15) is 9.59 Å². The van der Waals surface area contributed by atoms with Crippen molar-refractivity contribution in [2.24, 2.45) is 23.2 Å². The van der Waals surface area contributed by atoms with Crippen molar-refractivity contribution in [3.05, 3.63) is 47.7 Å². The molecule has 3 N–H and O–H groups in total. The number of hydrogen-bond acceptors (Lipinski definition) is 4. The molecule has 2 amide bonds. The molecule has 4 fully saturated rings. The Hall–Kier alpha value is -2.89. The van der Waals surface area contributed by atoms with E-state index in [4.69, 9.17) is 0 Å². The van der Waals surface area contributed by atoms with Crippen molar-refractivity contribution in [3.63, 3.8) is 0 Å². The van der Waals surface area contributed by atoms with Gasteiger partial charge in [0.25, 0.3) is 5.91 Å². The summed E-state index contributed by atoms with van der Waals surface area (Å²) in [5.74, 6) is 2.50. The van der Waals surface area contributed by atoms with Crippen LogP contribution in [-0.2, 0) is 4.79 Å². The molecule has 0 saturated heterocycles. The highest BCUT2D eigenvalue weighted by molar-refractivity contribution is 6.01. The van der Waals surface area contributed by atoms with Gasteiger partial charge in [-0.3, -0.25) is 9.59 Å². The first-order valence-electron chi connectivity index (χ1n) is 11.3. The Morgan fingerprint density at radius 1 is 1.00 bits per heavy atom. The van der Waals surface area contributed by atoms with Crippen LogP contribution in [0.1, 0.15) is 54.4 Å². The maximum atomic E-state index is 13.6. The SMILES string of the molecule is CNC(=O)c1cnc(Nc2ccccc2C)c(NC(=O)C23CC4CC(CC(C4)C2)C3)c1. The van der Waals surface area contributed by atoms with E-state index in [1.807, 2.05) is 31.2 Å². The molecule has 6 heteroatoms. The van der Waals surface area contributed by atoms with Crippen LogP contribution in [0.2, 0.25) is 0 Å². The van der Waals surface area contributed by atoms with Gasteiger partial charge >= 0.3 is 0 Å². The highest BCUT2D eigenvalue weighted by Crippen LogP contribution is 2.60. The standard InChI is InChI=1S/C25H30N4O2/c1-15-5-3-4-6-20(15)28-22-21(10-19(14-27-22)23(30)26-2)29-24(31)25-11-16-7-17(12-25)9-18(8-16)13-25/h3-6,10,14,16-18H,7-9,11-13H2,1-2H3,(H,26,30)(H,27,28)(H,29,31). The third kappa shape index (κ3) is 3.68. The normalized spacial score (nSPS) is 28.3. The summed E-state index contributed by atoms with van der Waals surface area (Å²) in [5.41, 5.74) is 2.73. The molecule has 0 aliphatic heterocycles. The summed E-state index contributed by atoms with van der Waals surface area (Å²) in [7, 11) is 1.59. The minimum atomic E-state index is -0.266. The molecule has 6 nitrogen and oxygen atoms in total. The van der Waals surface area contributed by atoms with Crippen molar-refractivity contribution in [1.82, 2.24) is 10.3 Å². The van der Waals surface area contributed by atoms with Crippen LogP contribution in [0.25, 0.3) is 0 Å². The molecule has 31 heavy (non-hydrogen) atoms. The minimum Gasteiger partial charge on any atom is -0.355 e. The van der Waals surface area contributed by atoms with E-state index in [1.165, 1.54) is 19.3 Å². The number of amides is 2. The number of nitrogens with zero attached hydrogens (tertiary/aromatic N) is 1. The van der Waals surface area contributed by atoms with E-state index >= 15 is 0 Å². The lowest BCUT2D eigenvalue weighted by Crippen LogP contribution is -2.51. The van der Waals surface area contributed by atoms with Gasteiger partial charge in [0.1, 0.15) is 0 Å². The molecule has 4 saturated carbocycles. The lowest BCUT2D eigenvalue weighted by molar-refractivity contribution is -0.140. The molecule has 4 aliphatic rings. The van der Waals surface area contributed by atoms with Gasteiger partial charge in [-0.15, -0.1) is 0 Å². The summed E-state index contributed by atoms with van der Waals surface area (Å²) < 4.78 is 0. The topological polar surface area (TPSA) is 83.1 Å². The molecule has 6 rings (SSSR count). The van der Waals surface area contributed by atoms with Gasteiger partial charge in [0.15, 0.2) is 5.82 Å². The second-order valence-electron chi connectivity index (χ2n) is 9.79. The molecule has 0 radical (unpaired) electrons. The maximum Gasteiger partial charge on any atom is 0.252 e. The Bertz CT molecular complexity index is 997. The number of nitrogens with one attached hydrogen (secondary N) is 3. The van der Waals surface area contributed by atoms with Gasteiger partial charge in [-0.1, -0.05) is 18.2 Å². The van der Waals surface area contributed by atoms with E-state index in [1.54, 1.807) is 19.3 Å². The van der Waals surface area contributed by atoms with Crippen LogP contribution >= 0.6 is 0 Å². The van der Waals surface area contributed by atoms with Crippen molar-refractivity contribution < 1.29 is 9.59 Å². The van der Waals surface area contributed by atoms with Crippen molar-refractivity contribution >= 4 is 29.0 Å². The second kappa shape index (κ2) is 7.66. The number of carbonyl (C=O) groups excluding carboxylic acids is 2. The molecule has 0 spiro atoms. The lowest BCUT2D eigenvalue weighted by atomic mass is 9.49. The molecule has 0 atom stereocenters. The zero-order valence-electron chi connectivity index (χ0n) is 18.2. The molecule has 0 unspecified atom stereocenters.